The molecule has 2 aromatic rings. The standard InChI is InChI=1S/C17H14F4N2O4/c1-25-15-4-10(2-3-14(15)27-17(20)21)8-22-26-9-16(24)23-13-6-11(18)5-12(19)7-13/h2-8,17H,9H2,1H3,(H,23,24)/b22-8+. The summed E-state index contributed by atoms with van der Waals surface area (Å²) in [5, 5.41) is 5.79. The van der Waals surface area contributed by atoms with E-state index in [4.69, 9.17) is 9.57 Å². The Hall–Kier alpha value is -3.30. The molecule has 1 amide bonds. The summed E-state index contributed by atoms with van der Waals surface area (Å²) in [6, 6.07) is 6.61. The average molecular weight is 386 g/mol. The lowest BCUT2D eigenvalue weighted by molar-refractivity contribution is -0.120. The Kier molecular flexibility index (Phi) is 6.98. The van der Waals surface area contributed by atoms with Crippen molar-refractivity contribution in [1.82, 2.24) is 0 Å². The van der Waals surface area contributed by atoms with Gasteiger partial charge < -0.3 is 19.6 Å². The highest BCUT2D eigenvalue weighted by Crippen LogP contribution is 2.28. The summed E-state index contributed by atoms with van der Waals surface area (Å²) in [5.74, 6) is -2.44. The molecule has 0 atom stereocenters. The van der Waals surface area contributed by atoms with Crippen LogP contribution in [0.5, 0.6) is 11.5 Å². The van der Waals surface area contributed by atoms with E-state index in [2.05, 4.69) is 15.2 Å². The van der Waals surface area contributed by atoms with Crippen molar-refractivity contribution in [3.05, 3.63) is 53.6 Å². The molecule has 0 aliphatic carbocycles. The Morgan fingerprint density at radius 1 is 1.15 bits per heavy atom. The van der Waals surface area contributed by atoms with Gasteiger partial charge in [-0.3, -0.25) is 4.79 Å². The lowest BCUT2D eigenvalue weighted by Crippen LogP contribution is -2.17. The smallest absolute Gasteiger partial charge is 0.387 e. The summed E-state index contributed by atoms with van der Waals surface area (Å²) >= 11 is 0. The third kappa shape index (κ3) is 6.49. The molecule has 0 aliphatic rings. The van der Waals surface area contributed by atoms with E-state index in [0.717, 1.165) is 12.1 Å². The number of anilines is 1. The quantitative estimate of drug-likeness (QED) is 0.428. The zero-order valence-electron chi connectivity index (χ0n) is 13.9. The van der Waals surface area contributed by atoms with Crippen LogP contribution in [0.4, 0.5) is 23.2 Å². The van der Waals surface area contributed by atoms with E-state index in [0.29, 0.717) is 11.6 Å². The maximum Gasteiger partial charge on any atom is 0.387 e. The van der Waals surface area contributed by atoms with Gasteiger partial charge in [0.25, 0.3) is 5.91 Å². The third-order valence-corrected chi connectivity index (χ3v) is 3.02. The van der Waals surface area contributed by atoms with Gasteiger partial charge in [0.15, 0.2) is 18.1 Å². The van der Waals surface area contributed by atoms with Crippen LogP contribution in [-0.4, -0.2) is 32.4 Å². The molecule has 2 rings (SSSR count). The second-order valence-electron chi connectivity index (χ2n) is 5.00. The number of alkyl halides is 2. The largest absolute Gasteiger partial charge is 0.493 e. The van der Waals surface area contributed by atoms with Crippen LogP contribution in [0, 0.1) is 11.6 Å². The molecule has 0 aromatic heterocycles. The number of oxime groups is 1. The van der Waals surface area contributed by atoms with Crippen molar-refractivity contribution in [3.8, 4) is 11.5 Å². The monoisotopic (exact) mass is 386 g/mol. The molecule has 0 saturated heterocycles. The van der Waals surface area contributed by atoms with Crippen molar-refractivity contribution in [1.29, 1.82) is 0 Å². The molecule has 1 N–H and O–H groups in total. The normalized spacial score (nSPS) is 10.9. The molecule has 0 aliphatic heterocycles. The number of benzene rings is 2. The highest BCUT2D eigenvalue weighted by atomic mass is 19.3. The first-order valence-corrected chi connectivity index (χ1v) is 7.41. The summed E-state index contributed by atoms with van der Waals surface area (Å²) in [7, 11) is 1.28. The van der Waals surface area contributed by atoms with Crippen LogP contribution < -0.4 is 14.8 Å². The average Bonchev–Trinajstić information content (AvgIpc) is 2.58. The van der Waals surface area contributed by atoms with Crippen LogP contribution in [-0.2, 0) is 9.63 Å². The molecule has 0 unspecified atom stereocenters. The molecule has 2 aromatic carbocycles. The van der Waals surface area contributed by atoms with Crippen LogP contribution in [0.1, 0.15) is 5.56 Å². The predicted molar refractivity (Wildman–Crippen MR) is 88.2 cm³/mol. The van der Waals surface area contributed by atoms with Gasteiger partial charge in [-0.2, -0.15) is 8.78 Å². The summed E-state index contributed by atoms with van der Waals surface area (Å²) in [6.07, 6.45) is 1.21. The zero-order valence-corrected chi connectivity index (χ0v) is 13.9. The number of methoxy groups -OCH3 is 1. The lowest BCUT2D eigenvalue weighted by Gasteiger charge is -2.09. The van der Waals surface area contributed by atoms with E-state index >= 15 is 0 Å². The number of nitrogens with one attached hydrogen (secondary N) is 1. The fourth-order valence-corrected chi connectivity index (χ4v) is 1.97. The van der Waals surface area contributed by atoms with Crippen LogP contribution in [0.25, 0.3) is 0 Å². The first kappa shape index (κ1) is 20.0. The van der Waals surface area contributed by atoms with Crippen molar-refractivity contribution < 1.29 is 36.7 Å². The summed E-state index contributed by atoms with van der Waals surface area (Å²) < 4.78 is 59.8. The molecule has 0 bridgehead atoms. The van der Waals surface area contributed by atoms with Crippen molar-refractivity contribution in [2.45, 2.75) is 6.61 Å². The zero-order chi connectivity index (χ0) is 19.8. The van der Waals surface area contributed by atoms with Crippen molar-refractivity contribution >= 4 is 17.8 Å². The Morgan fingerprint density at radius 2 is 1.85 bits per heavy atom. The number of carbonyl (C=O) groups is 1. The Morgan fingerprint density at radius 3 is 2.48 bits per heavy atom. The highest BCUT2D eigenvalue weighted by Gasteiger charge is 2.10. The van der Waals surface area contributed by atoms with Crippen LogP contribution >= 0.6 is 0 Å². The highest BCUT2D eigenvalue weighted by molar-refractivity contribution is 5.91. The number of hydrogen-bond donors (Lipinski definition) is 1. The van der Waals surface area contributed by atoms with Gasteiger partial charge in [-0.25, -0.2) is 8.78 Å². The minimum absolute atomic E-state index is 0.0603. The van der Waals surface area contributed by atoms with Crippen molar-refractivity contribution in [2.24, 2.45) is 5.16 Å². The molecule has 0 fully saturated rings. The van der Waals surface area contributed by atoms with Crippen molar-refractivity contribution in [3.63, 3.8) is 0 Å². The van der Waals surface area contributed by atoms with Crippen LogP contribution in [0.3, 0.4) is 0 Å². The minimum Gasteiger partial charge on any atom is -0.493 e. The minimum atomic E-state index is -2.99. The Balaban J connectivity index is 1.88. The van der Waals surface area contributed by atoms with E-state index in [1.54, 1.807) is 0 Å². The van der Waals surface area contributed by atoms with Gasteiger partial charge in [-0.15, -0.1) is 0 Å². The van der Waals surface area contributed by atoms with Gasteiger partial charge in [-0.1, -0.05) is 5.16 Å². The first-order chi connectivity index (χ1) is 12.9. The fraction of sp³-hybridized carbons (Fsp3) is 0.176. The van der Waals surface area contributed by atoms with Crippen LogP contribution in [0.15, 0.2) is 41.6 Å². The van der Waals surface area contributed by atoms with Gasteiger partial charge >= 0.3 is 6.61 Å². The summed E-state index contributed by atoms with van der Waals surface area (Å²) in [6.45, 7) is -3.51. The van der Waals surface area contributed by atoms with E-state index in [1.165, 1.54) is 31.5 Å². The molecule has 0 saturated carbocycles. The third-order valence-electron chi connectivity index (χ3n) is 3.02. The van der Waals surface area contributed by atoms with E-state index in [-0.39, 0.29) is 17.2 Å². The molecule has 0 spiro atoms. The lowest BCUT2D eigenvalue weighted by atomic mass is 10.2. The number of nitrogens with zero attached hydrogens (tertiary/aromatic N) is 1. The molecular formula is C17H14F4N2O4. The van der Waals surface area contributed by atoms with Gasteiger partial charge in [0.1, 0.15) is 11.6 Å². The van der Waals surface area contributed by atoms with E-state index in [1.807, 2.05) is 0 Å². The molecular weight excluding hydrogens is 372 g/mol. The maximum atomic E-state index is 13.0. The number of amides is 1. The molecule has 10 heteroatoms. The van der Waals surface area contributed by atoms with Crippen molar-refractivity contribution in [2.75, 3.05) is 19.0 Å². The second kappa shape index (κ2) is 9.41. The molecule has 0 radical (unpaired) electrons. The van der Waals surface area contributed by atoms with Crippen LogP contribution in [0.2, 0.25) is 0 Å². The second-order valence-corrected chi connectivity index (χ2v) is 5.00. The number of hydrogen-bond acceptors (Lipinski definition) is 5. The SMILES string of the molecule is COc1cc(/C=N/OCC(=O)Nc2cc(F)cc(F)c2)ccc1OC(F)F. The summed E-state index contributed by atoms with van der Waals surface area (Å²) in [4.78, 5) is 16.4. The maximum absolute atomic E-state index is 13.0. The molecule has 6 nitrogen and oxygen atoms in total. The molecule has 144 valence electrons. The Labute approximate surface area is 151 Å². The van der Waals surface area contributed by atoms with Gasteiger partial charge in [-0.05, 0) is 30.3 Å². The topological polar surface area (TPSA) is 69.2 Å². The number of halogens is 4. The predicted octanol–water partition coefficient (Wildman–Crippen LogP) is 3.56. The first-order valence-electron chi connectivity index (χ1n) is 7.41. The number of ether oxygens (including phenoxy) is 2. The molecule has 0 heterocycles. The number of carbonyl (C=O) groups excluding carboxylic acids is 1. The Bertz CT molecular complexity index is 810. The van der Waals surface area contributed by atoms with Gasteiger partial charge in [0.05, 0.1) is 13.3 Å². The van der Waals surface area contributed by atoms with Gasteiger partial charge in [0.2, 0.25) is 0 Å². The fourth-order valence-electron chi connectivity index (χ4n) is 1.97. The van der Waals surface area contributed by atoms with E-state index in [9.17, 15) is 22.4 Å². The summed E-state index contributed by atoms with van der Waals surface area (Å²) in [5.41, 5.74) is 0.366. The molecule has 27 heavy (non-hydrogen) atoms. The van der Waals surface area contributed by atoms with Gasteiger partial charge in [0, 0.05) is 17.3 Å². The van der Waals surface area contributed by atoms with E-state index < -0.39 is 30.8 Å². The number of rotatable bonds is 8.